The van der Waals surface area contributed by atoms with E-state index < -0.39 is 12.0 Å². The lowest BCUT2D eigenvalue weighted by atomic mass is 9.92. The number of allylic oxidation sites excluding steroid dienone is 1. The van der Waals surface area contributed by atoms with Crippen molar-refractivity contribution >= 4 is 28.8 Å². The Balaban J connectivity index is 1.79. The maximum atomic E-state index is 13.1. The first-order chi connectivity index (χ1) is 16.0. The van der Waals surface area contributed by atoms with E-state index in [9.17, 15) is 9.59 Å². The van der Waals surface area contributed by atoms with Gasteiger partial charge in [-0.05, 0) is 50.3 Å². The van der Waals surface area contributed by atoms with Gasteiger partial charge in [0.2, 0.25) is 5.91 Å². The fraction of sp³-hybridized carbons (Fsp3) is 0.458. The third kappa shape index (κ3) is 4.46. The smallest absolute Gasteiger partial charge is 0.338 e. The van der Waals surface area contributed by atoms with E-state index >= 15 is 0 Å². The SMILES string of the molecule is CCOC(=O)C1=C(C)N=C2SC=C(CC(=O)N3CCCC3)N2C1c1cc(OC)ccc1OC. The third-order valence-corrected chi connectivity index (χ3v) is 6.91. The number of amidine groups is 1. The molecule has 3 heterocycles. The van der Waals surface area contributed by atoms with E-state index in [2.05, 4.69) is 0 Å². The molecule has 0 radical (unpaired) electrons. The normalized spacial score (nSPS) is 19.8. The second-order valence-corrected chi connectivity index (χ2v) is 8.82. The topological polar surface area (TPSA) is 80.7 Å². The van der Waals surface area contributed by atoms with Gasteiger partial charge < -0.3 is 24.0 Å². The molecule has 8 nitrogen and oxygen atoms in total. The number of hydrogen-bond donors (Lipinski definition) is 0. The van der Waals surface area contributed by atoms with Crippen LogP contribution in [0.3, 0.4) is 0 Å². The van der Waals surface area contributed by atoms with Crippen molar-refractivity contribution in [2.45, 2.75) is 39.2 Å². The number of esters is 1. The number of nitrogens with zero attached hydrogens (tertiary/aromatic N) is 3. The van der Waals surface area contributed by atoms with Crippen molar-refractivity contribution < 1.29 is 23.8 Å². The van der Waals surface area contributed by atoms with Crippen molar-refractivity contribution in [3.8, 4) is 11.5 Å². The van der Waals surface area contributed by atoms with Crippen LogP contribution in [0.25, 0.3) is 0 Å². The number of thioether (sulfide) groups is 1. The molecule has 176 valence electrons. The standard InChI is InChI=1S/C24H29N3O5S/c1-5-32-23(29)21-15(2)25-24-27(16(14-33-24)12-20(28)26-10-6-7-11-26)22(21)18-13-17(30-3)8-9-19(18)31-4/h8-9,13-14,22H,5-7,10-12H2,1-4H3. The summed E-state index contributed by atoms with van der Waals surface area (Å²) in [7, 11) is 3.19. The lowest BCUT2D eigenvalue weighted by Gasteiger charge is -2.37. The first-order valence-corrected chi connectivity index (χ1v) is 12.0. The third-order valence-electron chi connectivity index (χ3n) is 6.02. The number of carbonyl (C=O) groups is 2. The number of benzene rings is 1. The van der Waals surface area contributed by atoms with Crippen molar-refractivity contribution in [1.29, 1.82) is 0 Å². The highest BCUT2D eigenvalue weighted by molar-refractivity contribution is 8.16. The molecule has 0 spiro atoms. The van der Waals surface area contributed by atoms with Crippen LogP contribution in [0, 0.1) is 0 Å². The van der Waals surface area contributed by atoms with Crippen LogP contribution in [0.4, 0.5) is 0 Å². The van der Waals surface area contributed by atoms with Crippen LogP contribution < -0.4 is 9.47 Å². The van der Waals surface area contributed by atoms with Gasteiger partial charge in [0, 0.05) is 24.4 Å². The second-order valence-electron chi connectivity index (χ2n) is 7.99. The Morgan fingerprint density at radius 1 is 1.18 bits per heavy atom. The van der Waals surface area contributed by atoms with Crippen LogP contribution in [0.15, 0.2) is 45.6 Å². The predicted molar refractivity (Wildman–Crippen MR) is 127 cm³/mol. The zero-order valence-corrected chi connectivity index (χ0v) is 20.2. The van der Waals surface area contributed by atoms with E-state index in [0.29, 0.717) is 22.8 Å². The van der Waals surface area contributed by atoms with Gasteiger partial charge in [-0.15, -0.1) is 0 Å². The Morgan fingerprint density at radius 3 is 2.61 bits per heavy atom. The molecule has 0 aromatic heterocycles. The highest BCUT2D eigenvalue weighted by Gasteiger charge is 2.42. The van der Waals surface area contributed by atoms with Gasteiger partial charge in [-0.1, -0.05) is 11.8 Å². The van der Waals surface area contributed by atoms with Gasteiger partial charge in [0.15, 0.2) is 5.17 Å². The van der Waals surface area contributed by atoms with Crippen molar-refractivity contribution in [1.82, 2.24) is 9.80 Å². The number of carbonyl (C=O) groups excluding carboxylic acids is 2. The molecule has 1 aromatic rings. The van der Waals surface area contributed by atoms with Crippen LogP contribution in [0.1, 0.15) is 44.7 Å². The quantitative estimate of drug-likeness (QED) is 0.559. The molecule has 0 saturated carbocycles. The minimum absolute atomic E-state index is 0.0842. The zero-order valence-electron chi connectivity index (χ0n) is 19.4. The summed E-state index contributed by atoms with van der Waals surface area (Å²) in [4.78, 5) is 34.7. The molecule has 1 aromatic carbocycles. The number of aliphatic imine (C=N–C) groups is 1. The van der Waals surface area contributed by atoms with Crippen molar-refractivity contribution in [3.05, 3.63) is 46.1 Å². The van der Waals surface area contributed by atoms with Gasteiger partial charge in [-0.25, -0.2) is 9.79 Å². The molecule has 0 aliphatic carbocycles. The van der Waals surface area contributed by atoms with Gasteiger partial charge in [0.1, 0.15) is 11.5 Å². The number of amides is 1. The molecule has 4 rings (SSSR count). The number of fused-ring (bicyclic) bond motifs is 1. The van der Waals surface area contributed by atoms with Gasteiger partial charge in [0.25, 0.3) is 0 Å². The number of ether oxygens (including phenoxy) is 3. The van der Waals surface area contributed by atoms with E-state index in [-0.39, 0.29) is 18.9 Å². The first kappa shape index (κ1) is 23.2. The van der Waals surface area contributed by atoms with Crippen LogP contribution >= 0.6 is 11.8 Å². The first-order valence-electron chi connectivity index (χ1n) is 11.1. The summed E-state index contributed by atoms with van der Waals surface area (Å²) in [5.74, 6) is 0.899. The Bertz CT molecular complexity index is 1040. The van der Waals surface area contributed by atoms with E-state index in [0.717, 1.165) is 42.4 Å². The van der Waals surface area contributed by atoms with Crippen molar-refractivity contribution in [2.75, 3.05) is 33.9 Å². The summed E-state index contributed by atoms with van der Waals surface area (Å²) in [6, 6.07) is 4.93. The summed E-state index contributed by atoms with van der Waals surface area (Å²) in [5.41, 5.74) is 2.56. The molecular weight excluding hydrogens is 442 g/mol. The lowest BCUT2D eigenvalue weighted by Crippen LogP contribution is -2.38. The summed E-state index contributed by atoms with van der Waals surface area (Å²) in [6.07, 6.45) is 2.31. The highest BCUT2D eigenvalue weighted by atomic mass is 32.2. The molecular formula is C24H29N3O5S. The largest absolute Gasteiger partial charge is 0.497 e. The number of rotatable bonds is 7. The van der Waals surface area contributed by atoms with Crippen molar-refractivity contribution in [2.24, 2.45) is 4.99 Å². The Morgan fingerprint density at radius 2 is 1.94 bits per heavy atom. The summed E-state index contributed by atoms with van der Waals surface area (Å²) in [6.45, 7) is 5.42. The van der Waals surface area contributed by atoms with Crippen LogP contribution in [-0.2, 0) is 14.3 Å². The number of methoxy groups -OCH3 is 2. The van der Waals surface area contributed by atoms with Crippen LogP contribution in [0.5, 0.6) is 11.5 Å². The average Bonchev–Trinajstić information content (AvgIpc) is 3.48. The van der Waals surface area contributed by atoms with Gasteiger partial charge in [-0.3, -0.25) is 4.79 Å². The summed E-state index contributed by atoms with van der Waals surface area (Å²) in [5, 5.41) is 2.67. The minimum atomic E-state index is -0.561. The fourth-order valence-electron chi connectivity index (χ4n) is 4.42. The Kier molecular flexibility index (Phi) is 6.97. The number of likely N-dealkylation sites (tertiary alicyclic amines) is 1. The van der Waals surface area contributed by atoms with E-state index in [1.807, 2.05) is 40.3 Å². The Hall–Kier alpha value is -2.94. The van der Waals surface area contributed by atoms with Gasteiger partial charge >= 0.3 is 5.97 Å². The molecule has 1 amide bonds. The molecule has 0 N–H and O–H groups in total. The number of hydrogen-bond acceptors (Lipinski definition) is 8. The predicted octanol–water partition coefficient (Wildman–Crippen LogP) is 3.85. The van der Waals surface area contributed by atoms with E-state index in [4.69, 9.17) is 19.2 Å². The summed E-state index contributed by atoms with van der Waals surface area (Å²) < 4.78 is 16.6. The lowest BCUT2D eigenvalue weighted by molar-refractivity contribution is -0.139. The van der Waals surface area contributed by atoms with Gasteiger partial charge in [0.05, 0.1) is 44.6 Å². The minimum Gasteiger partial charge on any atom is -0.497 e. The zero-order chi connectivity index (χ0) is 23.5. The van der Waals surface area contributed by atoms with E-state index in [1.165, 1.54) is 11.8 Å². The molecule has 33 heavy (non-hydrogen) atoms. The second kappa shape index (κ2) is 9.91. The fourth-order valence-corrected chi connectivity index (χ4v) is 5.38. The molecule has 1 atom stereocenters. The molecule has 1 saturated heterocycles. The summed E-state index contributed by atoms with van der Waals surface area (Å²) >= 11 is 1.46. The van der Waals surface area contributed by atoms with Crippen LogP contribution in [-0.4, -0.2) is 60.8 Å². The monoisotopic (exact) mass is 471 g/mol. The van der Waals surface area contributed by atoms with Crippen molar-refractivity contribution in [3.63, 3.8) is 0 Å². The molecule has 1 unspecified atom stereocenters. The van der Waals surface area contributed by atoms with Gasteiger partial charge in [-0.2, -0.15) is 0 Å². The molecule has 3 aliphatic rings. The maximum absolute atomic E-state index is 13.1. The van der Waals surface area contributed by atoms with Crippen LogP contribution in [0.2, 0.25) is 0 Å². The van der Waals surface area contributed by atoms with E-state index in [1.54, 1.807) is 21.1 Å². The molecule has 1 fully saturated rings. The highest BCUT2D eigenvalue weighted by Crippen LogP contribution is 2.47. The Labute approximate surface area is 198 Å². The molecule has 3 aliphatic heterocycles. The molecule has 0 bridgehead atoms. The molecule has 9 heteroatoms. The average molecular weight is 472 g/mol. The maximum Gasteiger partial charge on any atom is 0.338 e.